The minimum absolute atomic E-state index is 0.0611. The predicted molar refractivity (Wildman–Crippen MR) is 113 cm³/mol. The number of nitrogens with zero attached hydrogens (tertiary/aromatic N) is 2. The molecule has 1 unspecified atom stereocenters. The lowest BCUT2D eigenvalue weighted by Gasteiger charge is -2.48. The molecule has 1 aliphatic carbocycles. The Kier molecular flexibility index (Phi) is 4.92. The molecule has 9 heteroatoms. The lowest BCUT2D eigenvalue weighted by atomic mass is 9.96. The molecule has 1 atom stereocenters. The van der Waals surface area contributed by atoms with Crippen molar-refractivity contribution in [1.29, 1.82) is 0 Å². The summed E-state index contributed by atoms with van der Waals surface area (Å²) in [5.41, 5.74) is -0.998. The van der Waals surface area contributed by atoms with Crippen molar-refractivity contribution in [3.05, 3.63) is 59.4 Å². The maximum Gasteiger partial charge on any atom is 0.354 e. The molecule has 0 radical (unpaired) electrons. The lowest BCUT2D eigenvalue weighted by Crippen LogP contribution is -2.69. The summed E-state index contributed by atoms with van der Waals surface area (Å²) >= 11 is 0. The summed E-state index contributed by atoms with van der Waals surface area (Å²) in [5, 5.41) is 0. The maximum atomic E-state index is 13.7. The predicted octanol–water partition coefficient (Wildman–Crippen LogP) is 2.70. The van der Waals surface area contributed by atoms with Gasteiger partial charge >= 0.3 is 5.97 Å². The minimum Gasteiger partial charge on any atom is -0.496 e. The van der Waals surface area contributed by atoms with Crippen LogP contribution in [-0.2, 0) is 14.3 Å². The van der Waals surface area contributed by atoms with E-state index in [0.29, 0.717) is 24.1 Å². The third-order valence-electron chi connectivity index (χ3n) is 6.33. The number of fused-ring (bicyclic) bond motifs is 3. The standard InChI is InChI=1S/C24H21FN2O6/c1-32-20-9-6-14(25)12-17(20)19(28)13-33-23(31)24-11-10-21(29)27(24)18-5-3-2-4-16(18)22(30)26(24)15-7-8-15/h2-6,9,12,15H,7-8,10-11,13H2,1H3. The van der Waals surface area contributed by atoms with Gasteiger partial charge in [0, 0.05) is 18.9 Å². The molecule has 1 saturated heterocycles. The maximum absolute atomic E-state index is 13.7. The zero-order valence-electron chi connectivity index (χ0n) is 17.9. The van der Waals surface area contributed by atoms with E-state index in [1.165, 1.54) is 23.0 Å². The molecule has 5 rings (SSSR count). The van der Waals surface area contributed by atoms with Crippen LogP contribution in [0, 0.1) is 5.82 Å². The molecule has 3 aliphatic rings. The molecule has 1 saturated carbocycles. The second-order valence-corrected chi connectivity index (χ2v) is 8.31. The van der Waals surface area contributed by atoms with Crippen LogP contribution in [0.3, 0.4) is 0 Å². The molecule has 2 aromatic rings. The van der Waals surface area contributed by atoms with Crippen LogP contribution in [-0.4, -0.2) is 53.9 Å². The number of para-hydroxylation sites is 1. The van der Waals surface area contributed by atoms with Gasteiger partial charge in [0.1, 0.15) is 11.6 Å². The van der Waals surface area contributed by atoms with E-state index in [4.69, 9.17) is 9.47 Å². The normalized spacial score (nSPS) is 21.5. The molecule has 0 aromatic heterocycles. The van der Waals surface area contributed by atoms with Gasteiger partial charge < -0.3 is 14.4 Å². The molecule has 2 aromatic carbocycles. The average molecular weight is 452 g/mol. The van der Waals surface area contributed by atoms with Gasteiger partial charge in [-0.25, -0.2) is 9.18 Å². The summed E-state index contributed by atoms with van der Waals surface area (Å²) in [6, 6.07) is 9.95. The van der Waals surface area contributed by atoms with E-state index in [2.05, 4.69) is 0 Å². The second kappa shape index (κ2) is 7.68. The zero-order valence-corrected chi connectivity index (χ0v) is 17.9. The van der Waals surface area contributed by atoms with E-state index >= 15 is 0 Å². The van der Waals surface area contributed by atoms with Crippen molar-refractivity contribution in [2.75, 3.05) is 18.6 Å². The molecule has 170 valence electrons. The van der Waals surface area contributed by atoms with Gasteiger partial charge in [-0.2, -0.15) is 0 Å². The van der Waals surface area contributed by atoms with Crippen LogP contribution in [0.5, 0.6) is 5.75 Å². The fraction of sp³-hybridized carbons (Fsp3) is 0.333. The van der Waals surface area contributed by atoms with Gasteiger partial charge in [0.15, 0.2) is 6.61 Å². The van der Waals surface area contributed by atoms with E-state index in [-0.39, 0.29) is 42.0 Å². The Balaban J connectivity index is 1.48. The van der Waals surface area contributed by atoms with Crippen LogP contribution in [0.15, 0.2) is 42.5 Å². The minimum atomic E-state index is -1.64. The Morgan fingerprint density at radius 1 is 1.15 bits per heavy atom. The Hall–Kier alpha value is -3.75. The number of benzene rings is 2. The molecule has 0 bridgehead atoms. The number of Topliss-reactive ketones (excluding diaryl/α,β-unsaturated/α-hetero) is 1. The second-order valence-electron chi connectivity index (χ2n) is 8.31. The van der Waals surface area contributed by atoms with Gasteiger partial charge in [0.2, 0.25) is 17.4 Å². The highest BCUT2D eigenvalue weighted by molar-refractivity contribution is 6.16. The number of anilines is 1. The average Bonchev–Trinajstić information content (AvgIpc) is 3.59. The smallest absolute Gasteiger partial charge is 0.354 e. The first-order chi connectivity index (χ1) is 15.9. The van der Waals surface area contributed by atoms with Crippen molar-refractivity contribution in [3.63, 3.8) is 0 Å². The summed E-state index contributed by atoms with van der Waals surface area (Å²) in [5.74, 6) is -2.63. The lowest BCUT2D eigenvalue weighted by molar-refractivity contribution is -0.156. The first-order valence-corrected chi connectivity index (χ1v) is 10.7. The van der Waals surface area contributed by atoms with Crippen LogP contribution in [0.1, 0.15) is 46.4 Å². The number of carbonyl (C=O) groups excluding carboxylic acids is 4. The molecular formula is C24H21FN2O6. The fourth-order valence-corrected chi connectivity index (χ4v) is 4.73. The third kappa shape index (κ3) is 3.18. The molecule has 8 nitrogen and oxygen atoms in total. The third-order valence-corrected chi connectivity index (χ3v) is 6.33. The molecule has 0 spiro atoms. The number of amides is 2. The molecule has 0 N–H and O–H groups in total. The van der Waals surface area contributed by atoms with Crippen molar-refractivity contribution in [1.82, 2.24) is 4.90 Å². The number of esters is 1. The Morgan fingerprint density at radius 3 is 2.64 bits per heavy atom. The van der Waals surface area contributed by atoms with Crippen molar-refractivity contribution in [2.45, 2.75) is 37.4 Å². The van der Waals surface area contributed by atoms with Crippen LogP contribution in [0.4, 0.5) is 10.1 Å². The SMILES string of the molecule is COc1ccc(F)cc1C(=O)COC(=O)C12CCC(=O)N1c1ccccc1C(=O)N2C1CC1. The molecular weight excluding hydrogens is 431 g/mol. The monoisotopic (exact) mass is 452 g/mol. The topological polar surface area (TPSA) is 93.2 Å². The molecule has 33 heavy (non-hydrogen) atoms. The Morgan fingerprint density at radius 2 is 1.91 bits per heavy atom. The van der Waals surface area contributed by atoms with Crippen molar-refractivity contribution in [2.24, 2.45) is 0 Å². The van der Waals surface area contributed by atoms with Gasteiger partial charge in [0.25, 0.3) is 5.91 Å². The Labute approximate surface area is 188 Å². The number of hydrogen-bond donors (Lipinski definition) is 0. The highest BCUT2D eigenvalue weighted by Gasteiger charge is 2.64. The molecule has 2 fully saturated rings. The van der Waals surface area contributed by atoms with Crippen molar-refractivity contribution >= 4 is 29.3 Å². The van der Waals surface area contributed by atoms with Crippen LogP contribution in [0.25, 0.3) is 0 Å². The van der Waals surface area contributed by atoms with E-state index in [1.807, 2.05) is 0 Å². The molecule has 2 aliphatic heterocycles. The first kappa shape index (κ1) is 21.1. The van der Waals surface area contributed by atoms with Crippen LogP contribution < -0.4 is 9.64 Å². The van der Waals surface area contributed by atoms with Crippen LogP contribution in [0.2, 0.25) is 0 Å². The number of rotatable bonds is 6. The van der Waals surface area contributed by atoms with Gasteiger partial charge in [-0.1, -0.05) is 12.1 Å². The number of carbonyl (C=O) groups is 4. The number of halogens is 1. The van der Waals surface area contributed by atoms with Crippen molar-refractivity contribution in [3.8, 4) is 5.75 Å². The summed E-state index contributed by atoms with van der Waals surface area (Å²) < 4.78 is 24.2. The van der Waals surface area contributed by atoms with Gasteiger partial charge in [0.05, 0.1) is 23.9 Å². The van der Waals surface area contributed by atoms with E-state index in [0.717, 1.165) is 12.1 Å². The Bertz CT molecular complexity index is 1190. The number of ether oxygens (including phenoxy) is 2. The van der Waals surface area contributed by atoms with Crippen molar-refractivity contribution < 1.29 is 33.0 Å². The highest BCUT2D eigenvalue weighted by Crippen LogP contribution is 2.49. The van der Waals surface area contributed by atoms with Crippen LogP contribution >= 0.6 is 0 Å². The zero-order chi connectivity index (χ0) is 23.3. The number of methoxy groups -OCH3 is 1. The first-order valence-electron chi connectivity index (χ1n) is 10.7. The van der Waals surface area contributed by atoms with E-state index in [9.17, 15) is 23.6 Å². The van der Waals surface area contributed by atoms with Gasteiger partial charge in [-0.3, -0.25) is 19.3 Å². The summed E-state index contributed by atoms with van der Waals surface area (Å²) in [6.45, 7) is -0.684. The summed E-state index contributed by atoms with van der Waals surface area (Å²) in [7, 11) is 1.34. The highest BCUT2D eigenvalue weighted by atomic mass is 19.1. The van der Waals surface area contributed by atoms with Gasteiger partial charge in [-0.05, 0) is 43.2 Å². The molecule has 2 amide bonds. The van der Waals surface area contributed by atoms with E-state index < -0.39 is 29.8 Å². The molecule has 2 heterocycles. The quantitative estimate of drug-likeness (QED) is 0.494. The number of ketones is 1. The largest absolute Gasteiger partial charge is 0.496 e. The summed E-state index contributed by atoms with van der Waals surface area (Å²) in [4.78, 5) is 55.4. The fourth-order valence-electron chi connectivity index (χ4n) is 4.73. The number of hydrogen-bond acceptors (Lipinski definition) is 6. The van der Waals surface area contributed by atoms with E-state index in [1.54, 1.807) is 24.3 Å². The van der Waals surface area contributed by atoms with Gasteiger partial charge in [-0.15, -0.1) is 0 Å². The summed E-state index contributed by atoms with van der Waals surface area (Å²) in [6.07, 6.45) is 1.55.